The molecule has 1 aromatic heterocycles. The first kappa shape index (κ1) is 19.2. The number of rotatable bonds is 7. The minimum absolute atomic E-state index is 0.168. The highest BCUT2D eigenvalue weighted by Crippen LogP contribution is 2.26. The first-order chi connectivity index (χ1) is 13.7. The summed E-state index contributed by atoms with van der Waals surface area (Å²) in [6.07, 6.45) is 5.03. The monoisotopic (exact) mass is 374 g/mol. The Hall–Kier alpha value is -3.60. The van der Waals surface area contributed by atoms with Gasteiger partial charge in [0.2, 0.25) is 5.91 Å². The van der Waals surface area contributed by atoms with Crippen molar-refractivity contribution >= 4 is 11.5 Å². The second-order valence-corrected chi connectivity index (χ2v) is 6.09. The van der Waals surface area contributed by atoms with Gasteiger partial charge in [0.05, 0.1) is 14.2 Å². The van der Waals surface area contributed by atoms with Crippen molar-refractivity contribution in [2.45, 2.75) is 6.54 Å². The van der Waals surface area contributed by atoms with E-state index in [0.717, 1.165) is 33.8 Å². The van der Waals surface area contributed by atoms with E-state index in [9.17, 15) is 4.79 Å². The Morgan fingerprint density at radius 1 is 0.857 bits per heavy atom. The molecule has 0 unspecified atom stereocenters. The van der Waals surface area contributed by atoms with Gasteiger partial charge in [0.1, 0.15) is 11.5 Å². The normalized spacial score (nSPS) is 10.1. The summed E-state index contributed by atoms with van der Waals surface area (Å²) in [6.45, 7) is 0.441. The Bertz CT molecular complexity index is 884. The molecule has 0 saturated heterocycles. The molecule has 0 spiro atoms. The van der Waals surface area contributed by atoms with Gasteiger partial charge in [-0.05, 0) is 58.7 Å². The number of nitrogens with one attached hydrogen (secondary N) is 1. The van der Waals surface area contributed by atoms with E-state index in [-0.39, 0.29) is 5.91 Å². The molecule has 1 heterocycles. The summed E-state index contributed by atoms with van der Waals surface area (Å²) in [7, 11) is 3.25. The van der Waals surface area contributed by atoms with E-state index in [2.05, 4.69) is 10.3 Å². The third-order valence-electron chi connectivity index (χ3n) is 4.29. The molecular weight excluding hydrogens is 352 g/mol. The van der Waals surface area contributed by atoms with Crippen LogP contribution in [0.1, 0.15) is 16.7 Å². The largest absolute Gasteiger partial charge is 0.497 e. The standard InChI is InChI=1S/C23H22N2O3/c1-27-20-7-3-18(4-8-20)22(19-5-9-21(28-2)10-6-19)15-23(26)25-16-17-11-13-24-14-12-17/h3-15H,16H2,1-2H3,(H,25,26). The maximum absolute atomic E-state index is 12.6. The Balaban J connectivity index is 1.87. The van der Waals surface area contributed by atoms with Crippen LogP contribution in [0.3, 0.4) is 0 Å². The fourth-order valence-corrected chi connectivity index (χ4v) is 2.75. The van der Waals surface area contributed by atoms with Crippen LogP contribution < -0.4 is 14.8 Å². The van der Waals surface area contributed by atoms with Gasteiger partial charge in [-0.25, -0.2) is 0 Å². The van der Waals surface area contributed by atoms with Gasteiger partial charge < -0.3 is 14.8 Å². The Morgan fingerprint density at radius 2 is 1.36 bits per heavy atom. The summed E-state index contributed by atoms with van der Waals surface area (Å²) in [5.74, 6) is 1.36. The van der Waals surface area contributed by atoms with Crippen molar-refractivity contribution in [2.24, 2.45) is 0 Å². The number of methoxy groups -OCH3 is 2. The SMILES string of the molecule is COc1ccc(C(=CC(=O)NCc2ccncc2)c2ccc(OC)cc2)cc1. The number of nitrogens with zero attached hydrogens (tertiary/aromatic N) is 1. The van der Waals surface area contributed by atoms with Crippen molar-refractivity contribution in [3.05, 3.63) is 95.8 Å². The molecule has 1 amide bonds. The molecule has 3 rings (SSSR count). The summed E-state index contributed by atoms with van der Waals surface area (Å²) in [5.41, 5.74) is 3.65. The van der Waals surface area contributed by atoms with Crippen molar-refractivity contribution in [1.29, 1.82) is 0 Å². The average Bonchev–Trinajstić information content (AvgIpc) is 2.77. The summed E-state index contributed by atoms with van der Waals surface area (Å²) >= 11 is 0. The molecule has 5 nitrogen and oxygen atoms in total. The van der Waals surface area contributed by atoms with Crippen LogP contribution in [0.2, 0.25) is 0 Å². The van der Waals surface area contributed by atoms with Crippen LogP contribution in [0.25, 0.3) is 5.57 Å². The zero-order valence-corrected chi connectivity index (χ0v) is 15.9. The molecule has 1 N–H and O–H groups in total. The number of amides is 1. The summed E-state index contributed by atoms with van der Waals surface area (Å²) in [5, 5.41) is 2.92. The molecule has 0 aliphatic rings. The zero-order valence-electron chi connectivity index (χ0n) is 15.9. The number of hydrogen-bond acceptors (Lipinski definition) is 4. The molecule has 142 valence electrons. The average molecular weight is 374 g/mol. The molecule has 3 aromatic rings. The minimum Gasteiger partial charge on any atom is -0.497 e. The van der Waals surface area contributed by atoms with Crippen LogP contribution in [0.15, 0.2) is 79.1 Å². The van der Waals surface area contributed by atoms with E-state index >= 15 is 0 Å². The lowest BCUT2D eigenvalue weighted by molar-refractivity contribution is -0.116. The third kappa shape index (κ3) is 4.98. The molecule has 0 atom stereocenters. The fourth-order valence-electron chi connectivity index (χ4n) is 2.75. The Morgan fingerprint density at radius 3 is 1.82 bits per heavy atom. The summed E-state index contributed by atoms with van der Waals surface area (Å²) < 4.78 is 10.5. The first-order valence-electron chi connectivity index (χ1n) is 8.87. The maximum atomic E-state index is 12.6. The van der Waals surface area contributed by atoms with Crippen LogP contribution in [0.5, 0.6) is 11.5 Å². The molecule has 0 aliphatic heterocycles. The summed E-state index contributed by atoms with van der Waals surface area (Å²) in [6, 6.07) is 19.0. The van der Waals surface area contributed by atoms with Gasteiger partial charge in [-0.15, -0.1) is 0 Å². The van der Waals surface area contributed by atoms with Crippen molar-refractivity contribution in [1.82, 2.24) is 10.3 Å². The Labute approximate surface area is 164 Å². The molecule has 0 bridgehead atoms. The second-order valence-electron chi connectivity index (χ2n) is 6.09. The van der Waals surface area contributed by atoms with Crippen LogP contribution in [0, 0.1) is 0 Å². The van der Waals surface area contributed by atoms with Gasteiger partial charge in [-0.1, -0.05) is 24.3 Å². The van der Waals surface area contributed by atoms with Gasteiger partial charge in [0.15, 0.2) is 0 Å². The van der Waals surface area contributed by atoms with E-state index in [1.165, 1.54) is 0 Å². The van der Waals surface area contributed by atoms with Gasteiger partial charge in [-0.3, -0.25) is 9.78 Å². The van der Waals surface area contributed by atoms with Crippen LogP contribution in [-0.2, 0) is 11.3 Å². The highest BCUT2D eigenvalue weighted by molar-refractivity contribution is 5.99. The van der Waals surface area contributed by atoms with Crippen LogP contribution in [-0.4, -0.2) is 25.1 Å². The van der Waals surface area contributed by atoms with E-state index < -0.39 is 0 Å². The quantitative estimate of drug-likeness (QED) is 0.638. The number of pyridine rings is 1. The van der Waals surface area contributed by atoms with Crippen LogP contribution >= 0.6 is 0 Å². The van der Waals surface area contributed by atoms with Crippen molar-refractivity contribution in [2.75, 3.05) is 14.2 Å². The Kier molecular flexibility index (Phi) is 6.41. The lowest BCUT2D eigenvalue weighted by Crippen LogP contribution is -2.20. The molecule has 28 heavy (non-hydrogen) atoms. The van der Waals surface area contributed by atoms with Gasteiger partial charge in [0, 0.05) is 25.0 Å². The fraction of sp³-hybridized carbons (Fsp3) is 0.130. The van der Waals surface area contributed by atoms with E-state index in [1.54, 1.807) is 32.7 Å². The number of carbonyl (C=O) groups is 1. The van der Waals surface area contributed by atoms with Gasteiger partial charge in [-0.2, -0.15) is 0 Å². The lowest BCUT2D eigenvalue weighted by Gasteiger charge is -2.11. The predicted molar refractivity (Wildman–Crippen MR) is 109 cm³/mol. The predicted octanol–water partition coefficient (Wildman–Crippen LogP) is 3.85. The molecule has 0 saturated carbocycles. The van der Waals surface area contributed by atoms with Crippen molar-refractivity contribution in [3.8, 4) is 11.5 Å². The topological polar surface area (TPSA) is 60.5 Å². The number of hydrogen-bond donors (Lipinski definition) is 1. The lowest BCUT2D eigenvalue weighted by atomic mass is 9.97. The number of ether oxygens (including phenoxy) is 2. The molecule has 2 aromatic carbocycles. The number of benzene rings is 2. The molecule has 0 aliphatic carbocycles. The summed E-state index contributed by atoms with van der Waals surface area (Å²) in [4.78, 5) is 16.6. The van der Waals surface area contributed by atoms with E-state index in [0.29, 0.717) is 6.54 Å². The maximum Gasteiger partial charge on any atom is 0.244 e. The zero-order chi connectivity index (χ0) is 19.8. The van der Waals surface area contributed by atoms with E-state index in [1.807, 2.05) is 60.7 Å². The first-order valence-corrected chi connectivity index (χ1v) is 8.87. The van der Waals surface area contributed by atoms with Crippen molar-refractivity contribution in [3.63, 3.8) is 0 Å². The highest BCUT2D eigenvalue weighted by Gasteiger charge is 2.09. The second kappa shape index (κ2) is 9.37. The molecule has 0 radical (unpaired) electrons. The number of aromatic nitrogens is 1. The smallest absolute Gasteiger partial charge is 0.244 e. The van der Waals surface area contributed by atoms with E-state index in [4.69, 9.17) is 9.47 Å². The number of carbonyl (C=O) groups excluding carboxylic acids is 1. The molecule has 0 fully saturated rings. The van der Waals surface area contributed by atoms with Crippen molar-refractivity contribution < 1.29 is 14.3 Å². The molecule has 5 heteroatoms. The van der Waals surface area contributed by atoms with Gasteiger partial charge in [0.25, 0.3) is 0 Å². The van der Waals surface area contributed by atoms with Crippen LogP contribution in [0.4, 0.5) is 0 Å². The minimum atomic E-state index is -0.168. The highest BCUT2D eigenvalue weighted by atomic mass is 16.5. The third-order valence-corrected chi connectivity index (χ3v) is 4.29. The molecular formula is C23H22N2O3. The van der Waals surface area contributed by atoms with Gasteiger partial charge >= 0.3 is 0 Å².